The minimum absolute atomic E-state index is 0.0426. The molecule has 0 saturated carbocycles. The van der Waals surface area contributed by atoms with Gasteiger partial charge in [0.25, 0.3) is 0 Å². The summed E-state index contributed by atoms with van der Waals surface area (Å²) in [7, 11) is 0. The van der Waals surface area contributed by atoms with Crippen LogP contribution in [0.4, 0.5) is 4.39 Å². The van der Waals surface area contributed by atoms with E-state index in [4.69, 9.17) is 11.6 Å². The molecule has 0 fully saturated rings. The molecule has 1 aliphatic carbocycles. The van der Waals surface area contributed by atoms with E-state index in [0.717, 1.165) is 47.0 Å². The van der Waals surface area contributed by atoms with Crippen LogP contribution in [-0.2, 0) is 17.8 Å². The van der Waals surface area contributed by atoms with Crippen LogP contribution < -0.4 is 0 Å². The molecule has 0 amide bonds. The van der Waals surface area contributed by atoms with Gasteiger partial charge in [0.05, 0.1) is 6.42 Å². The highest BCUT2D eigenvalue weighted by atomic mass is 35.5. The number of benzene rings is 2. The minimum Gasteiger partial charge on any atom is -0.481 e. The summed E-state index contributed by atoms with van der Waals surface area (Å²) < 4.78 is 16.0. The fourth-order valence-corrected chi connectivity index (χ4v) is 4.29. The molecule has 3 aromatic rings. The maximum absolute atomic E-state index is 13.9. The highest BCUT2D eigenvalue weighted by Crippen LogP contribution is 2.40. The average Bonchev–Trinajstić information content (AvgIpc) is 2.91. The van der Waals surface area contributed by atoms with Gasteiger partial charge in [0.15, 0.2) is 0 Å². The van der Waals surface area contributed by atoms with Gasteiger partial charge in [-0.05, 0) is 60.7 Å². The number of aryl methyl sites for hydroxylation is 1. The van der Waals surface area contributed by atoms with Crippen molar-refractivity contribution in [1.29, 1.82) is 0 Å². The Morgan fingerprint density at radius 3 is 2.73 bits per heavy atom. The standard InChI is InChI=1S/C21H19ClFNO2/c22-15-6-4-13(5-7-15)12-24-19-9-8-16(23)11-18(19)17-3-1-2-14(21(17)24)10-20(25)26/h4-9,11,14H,1-3,10,12H2,(H,25,26)/t14-/m0/s1. The number of fused-ring (bicyclic) bond motifs is 3. The van der Waals surface area contributed by atoms with E-state index in [1.54, 1.807) is 12.1 Å². The number of hydrogen-bond donors (Lipinski definition) is 1. The Labute approximate surface area is 156 Å². The zero-order valence-corrected chi connectivity index (χ0v) is 15.0. The molecule has 0 radical (unpaired) electrons. The van der Waals surface area contributed by atoms with Crippen LogP contribution in [0, 0.1) is 5.82 Å². The molecule has 4 rings (SSSR count). The predicted octanol–water partition coefficient (Wildman–Crippen LogP) is 5.38. The molecule has 5 heteroatoms. The van der Waals surface area contributed by atoms with Crippen molar-refractivity contribution in [2.75, 3.05) is 0 Å². The fourth-order valence-electron chi connectivity index (χ4n) is 4.16. The van der Waals surface area contributed by atoms with E-state index < -0.39 is 5.97 Å². The van der Waals surface area contributed by atoms with Crippen LogP contribution in [0.25, 0.3) is 10.9 Å². The smallest absolute Gasteiger partial charge is 0.304 e. The largest absolute Gasteiger partial charge is 0.481 e. The third-order valence-corrected chi connectivity index (χ3v) is 5.47. The summed E-state index contributed by atoms with van der Waals surface area (Å²) >= 11 is 5.99. The third kappa shape index (κ3) is 3.10. The van der Waals surface area contributed by atoms with Crippen LogP contribution in [-0.4, -0.2) is 15.6 Å². The molecule has 2 aromatic carbocycles. The first-order chi connectivity index (χ1) is 12.5. The van der Waals surface area contributed by atoms with E-state index in [1.165, 1.54) is 6.07 Å². The van der Waals surface area contributed by atoms with Gasteiger partial charge in [-0.15, -0.1) is 0 Å². The number of carboxylic acid groups (broad SMARTS) is 1. The highest BCUT2D eigenvalue weighted by molar-refractivity contribution is 6.30. The van der Waals surface area contributed by atoms with Crippen LogP contribution in [0.5, 0.6) is 0 Å². The second-order valence-corrected chi connectivity index (χ2v) is 7.36. The second kappa shape index (κ2) is 6.76. The molecule has 0 aliphatic heterocycles. The Morgan fingerprint density at radius 2 is 2.00 bits per heavy atom. The first-order valence-electron chi connectivity index (χ1n) is 8.79. The summed E-state index contributed by atoms with van der Waals surface area (Å²) in [6.07, 6.45) is 2.74. The van der Waals surface area contributed by atoms with Gasteiger partial charge in [-0.25, -0.2) is 4.39 Å². The molecule has 1 aromatic heterocycles. The fraction of sp³-hybridized carbons (Fsp3) is 0.286. The van der Waals surface area contributed by atoms with Crippen molar-refractivity contribution < 1.29 is 14.3 Å². The molecule has 1 N–H and O–H groups in total. The molecular weight excluding hydrogens is 353 g/mol. The Bertz CT molecular complexity index is 978. The number of aromatic nitrogens is 1. The topological polar surface area (TPSA) is 42.2 Å². The van der Waals surface area contributed by atoms with Crippen molar-refractivity contribution in [2.24, 2.45) is 0 Å². The molecule has 1 aliphatic rings. The monoisotopic (exact) mass is 371 g/mol. The van der Waals surface area contributed by atoms with Gasteiger partial charge in [0, 0.05) is 34.1 Å². The number of nitrogens with zero attached hydrogens (tertiary/aromatic N) is 1. The van der Waals surface area contributed by atoms with E-state index >= 15 is 0 Å². The van der Waals surface area contributed by atoms with E-state index in [2.05, 4.69) is 4.57 Å². The lowest BCUT2D eigenvalue weighted by Gasteiger charge is -2.24. The Morgan fingerprint density at radius 1 is 1.23 bits per heavy atom. The van der Waals surface area contributed by atoms with E-state index in [-0.39, 0.29) is 18.2 Å². The minimum atomic E-state index is -0.794. The molecule has 0 spiro atoms. The zero-order chi connectivity index (χ0) is 18.3. The summed E-state index contributed by atoms with van der Waals surface area (Å²) in [4.78, 5) is 11.4. The molecule has 0 saturated heterocycles. The van der Waals surface area contributed by atoms with Gasteiger partial charge in [-0.2, -0.15) is 0 Å². The quantitative estimate of drug-likeness (QED) is 0.669. The maximum Gasteiger partial charge on any atom is 0.304 e. The van der Waals surface area contributed by atoms with Crippen LogP contribution >= 0.6 is 11.6 Å². The SMILES string of the molecule is O=C(O)C[C@@H]1CCCc2c1n(Cc1ccc(Cl)cc1)c1ccc(F)cc21. The van der Waals surface area contributed by atoms with Crippen molar-refractivity contribution in [1.82, 2.24) is 4.57 Å². The number of carboxylic acids is 1. The van der Waals surface area contributed by atoms with Gasteiger partial charge in [-0.3, -0.25) is 4.79 Å². The summed E-state index contributed by atoms with van der Waals surface area (Å²) in [5.41, 5.74) is 4.20. The van der Waals surface area contributed by atoms with Crippen molar-refractivity contribution in [3.63, 3.8) is 0 Å². The highest BCUT2D eigenvalue weighted by Gasteiger charge is 2.29. The molecule has 1 heterocycles. The summed E-state index contributed by atoms with van der Waals surface area (Å²) in [5.74, 6) is -1.10. The number of hydrogen-bond acceptors (Lipinski definition) is 1. The summed E-state index contributed by atoms with van der Waals surface area (Å²) in [6, 6.07) is 12.5. The lowest BCUT2D eigenvalue weighted by Crippen LogP contribution is -2.17. The zero-order valence-electron chi connectivity index (χ0n) is 14.2. The Balaban J connectivity index is 1.89. The van der Waals surface area contributed by atoms with Crippen molar-refractivity contribution in [2.45, 2.75) is 38.1 Å². The summed E-state index contributed by atoms with van der Waals surface area (Å²) in [5, 5.41) is 10.9. The Hall–Kier alpha value is -2.33. The normalized spacial score (nSPS) is 16.6. The van der Waals surface area contributed by atoms with E-state index in [9.17, 15) is 14.3 Å². The van der Waals surface area contributed by atoms with Crippen molar-refractivity contribution in [3.05, 3.63) is 70.1 Å². The van der Waals surface area contributed by atoms with Gasteiger partial charge >= 0.3 is 5.97 Å². The molecule has 1 atom stereocenters. The van der Waals surface area contributed by atoms with E-state index in [1.807, 2.05) is 24.3 Å². The van der Waals surface area contributed by atoms with Gasteiger partial charge in [-0.1, -0.05) is 23.7 Å². The maximum atomic E-state index is 13.9. The molecule has 134 valence electrons. The summed E-state index contributed by atoms with van der Waals surface area (Å²) in [6.45, 7) is 0.616. The number of rotatable bonds is 4. The van der Waals surface area contributed by atoms with Crippen LogP contribution in [0.1, 0.15) is 42.0 Å². The number of aliphatic carboxylic acids is 1. The average molecular weight is 372 g/mol. The number of halogens is 2. The molecule has 26 heavy (non-hydrogen) atoms. The number of carbonyl (C=O) groups is 1. The molecule has 0 bridgehead atoms. The molecular formula is C21H19ClFNO2. The Kier molecular flexibility index (Phi) is 4.45. The third-order valence-electron chi connectivity index (χ3n) is 5.22. The van der Waals surface area contributed by atoms with Crippen LogP contribution in [0.3, 0.4) is 0 Å². The second-order valence-electron chi connectivity index (χ2n) is 6.92. The predicted molar refractivity (Wildman–Crippen MR) is 100 cm³/mol. The molecule has 3 nitrogen and oxygen atoms in total. The first-order valence-corrected chi connectivity index (χ1v) is 9.17. The van der Waals surface area contributed by atoms with Gasteiger partial charge in [0.1, 0.15) is 5.82 Å². The first kappa shape index (κ1) is 17.1. The van der Waals surface area contributed by atoms with Crippen LogP contribution in [0.15, 0.2) is 42.5 Å². The van der Waals surface area contributed by atoms with Crippen molar-refractivity contribution in [3.8, 4) is 0 Å². The van der Waals surface area contributed by atoms with E-state index in [0.29, 0.717) is 11.6 Å². The lowest BCUT2D eigenvalue weighted by molar-refractivity contribution is -0.137. The van der Waals surface area contributed by atoms with Crippen molar-refractivity contribution >= 4 is 28.5 Å². The van der Waals surface area contributed by atoms with Crippen LogP contribution in [0.2, 0.25) is 5.02 Å². The molecule has 0 unspecified atom stereocenters. The van der Waals surface area contributed by atoms with Gasteiger partial charge in [0.2, 0.25) is 0 Å². The lowest BCUT2D eigenvalue weighted by atomic mass is 9.84. The van der Waals surface area contributed by atoms with Gasteiger partial charge < -0.3 is 9.67 Å².